The summed E-state index contributed by atoms with van der Waals surface area (Å²) in [6.45, 7) is 6.35. The summed E-state index contributed by atoms with van der Waals surface area (Å²) in [4.78, 5) is 0. The van der Waals surface area contributed by atoms with Gasteiger partial charge in [0, 0.05) is 5.92 Å². The predicted octanol–water partition coefficient (Wildman–Crippen LogP) is 1.94. The van der Waals surface area contributed by atoms with Gasteiger partial charge in [-0.05, 0) is 14.0 Å². The molecule has 0 saturated carbocycles. The van der Waals surface area contributed by atoms with Gasteiger partial charge in [-0.3, -0.25) is 0 Å². The summed E-state index contributed by atoms with van der Waals surface area (Å²) in [7, 11) is 1.93. The van der Waals surface area contributed by atoms with Gasteiger partial charge >= 0.3 is 0 Å². The van der Waals surface area contributed by atoms with Gasteiger partial charge in [0.25, 0.3) is 0 Å². The number of hydrogen-bond donors (Lipinski definition) is 1. The first-order chi connectivity index (χ1) is 5.65. The standard InChI is InChI=1S/C8H15N3S/c1-5(2)7-10-11-8(12-7)6(3)9-4/h5-6,9H,1-4H3. The van der Waals surface area contributed by atoms with E-state index in [9.17, 15) is 0 Å². The van der Waals surface area contributed by atoms with Gasteiger partial charge in [0.2, 0.25) is 0 Å². The van der Waals surface area contributed by atoms with Crippen LogP contribution in [0.3, 0.4) is 0 Å². The highest BCUT2D eigenvalue weighted by Gasteiger charge is 2.11. The van der Waals surface area contributed by atoms with E-state index in [2.05, 4.69) is 36.3 Å². The molecule has 1 N–H and O–H groups in total. The van der Waals surface area contributed by atoms with Crippen LogP contribution in [0.2, 0.25) is 0 Å². The summed E-state index contributed by atoms with van der Waals surface area (Å²) in [6, 6.07) is 0.315. The van der Waals surface area contributed by atoms with Crippen LogP contribution in [0.4, 0.5) is 0 Å². The number of hydrogen-bond acceptors (Lipinski definition) is 4. The molecule has 0 radical (unpaired) electrons. The predicted molar refractivity (Wildman–Crippen MR) is 51.5 cm³/mol. The summed E-state index contributed by atoms with van der Waals surface area (Å²) in [5, 5.41) is 13.6. The number of aromatic nitrogens is 2. The Morgan fingerprint density at radius 3 is 2.17 bits per heavy atom. The molecule has 4 heteroatoms. The molecule has 0 spiro atoms. The van der Waals surface area contributed by atoms with Crippen molar-refractivity contribution < 1.29 is 0 Å². The topological polar surface area (TPSA) is 37.8 Å². The number of rotatable bonds is 3. The second-order valence-corrected chi connectivity index (χ2v) is 4.18. The van der Waals surface area contributed by atoms with E-state index >= 15 is 0 Å². The maximum Gasteiger partial charge on any atom is 0.134 e. The van der Waals surface area contributed by atoms with Crippen molar-refractivity contribution >= 4 is 11.3 Å². The molecule has 1 aromatic heterocycles. The van der Waals surface area contributed by atoms with E-state index in [0.717, 1.165) is 10.0 Å². The molecular weight excluding hydrogens is 170 g/mol. The van der Waals surface area contributed by atoms with Crippen LogP contribution in [-0.4, -0.2) is 17.2 Å². The molecular formula is C8H15N3S. The van der Waals surface area contributed by atoms with Crippen molar-refractivity contribution in [2.75, 3.05) is 7.05 Å². The molecule has 68 valence electrons. The van der Waals surface area contributed by atoms with Gasteiger partial charge in [-0.2, -0.15) is 0 Å². The van der Waals surface area contributed by atoms with E-state index in [0.29, 0.717) is 12.0 Å². The van der Waals surface area contributed by atoms with E-state index < -0.39 is 0 Å². The van der Waals surface area contributed by atoms with E-state index in [1.807, 2.05) is 7.05 Å². The minimum atomic E-state index is 0.315. The summed E-state index contributed by atoms with van der Waals surface area (Å²) >= 11 is 1.69. The molecule has 0 fully saturated rings. The van der Waals surface area contributed by atoms with Crippen LogP contribution in [0, 0.1) is 0 Å². The average molecular weight is 185 g/mol. The Hall–Kier alpha value is -0.480. The van der Waals surface area contributed by atoms with E-state index in [-0.39, 0.29) is 0 Å². The molecule has 0 amide bonds. The van der Waals surface area contributed by atoms with Crippen molar-refractivity contribution in [3.8, 4) is 0 Å². The molecule has 0 aliphatic heterocycles. The van der Waals surface area contributed by atoms with Gasteiger partial charge in [-0.25, -0.2) is 0 Å². The van der Waals surface area contributed by atoms with Crippen LogP contribution in [0.25, 0.3) is 0 Å². The minimum Gasteiger partial charge on any atom is -0.311 e. The number of nitrogens with zero attached hydrogens (tertiary/aromatic N) is 2. The van der Waals surface area contributed by atoms with Crippen molar-refractivity contribution in [1.82, 2.24) is 15.5 Å². The first-order valence-corrected chi connectivity index (χ1v) is 4.97. The maximum atomic E-state index is 4.11. The van der Waals surface area contributed by atoms with Crippen molar-refractivity contribution in [3.05, 3.63) is 10.0 Å². The highest BCUT2D eigenvalue weighted by molar-refractivity contribution is 7.11. The van der Waals surface area contributed by atoms with Crippen molar-refractivity contribution in [2.45, 2.75) is 32.7 Å². The van der Waals surface area contributed by atoms with Crippen LogP contribution in [-0.2, 0) is 0 Å². The van der Waals surface area contributed by atoms with Gasteiger partial charge in [0.05, 0.1) is 6.04 Å². The van der Waals surface area contributed by atoms with Crippen LogP contribution in [0.5, 0.6) is 0 Å². The summed E-state index contributed by atoms with van der Waals surface area (Å²) < 4.78 is 0. The highest BCUT2D eigenvalue weighted by atomic mass is 32.1. The van der Waals surface area contributed by atoms with Gasteiger partial charge in [0.1, 0.15) is 10.0 Å². The van der Waals surface area contributed by atoms with Gasteiger partial charge in [-0.1, -0.05) is 25.2 Å². The average Bonchev–Trinajstić information content (AvgIpc) is 2.51. The fourth-order valence-corrected chi connectivity index (χ4v) is 1.69. The van der Waals surface area contributed by atoms with Gasteiger partial charge in [-0.15, -0.1) is 10.2 Å². The molecule has 1 heterocycles. The largest absolute Gasteiger partial charge is 0.311 e. The van der Waals surface area contributed by atoms with Crippen molar-refractivity contribution in [1.29, 1.82) is 0 Å². The van der Waals surface area contributed by atoms with Crippen LogP contribution in [0.15, 0.2) is 0 Å². The lowest BCUT2D eigenvalue weighted by atomic mass is 10.2. The Kier molecular flexibility index (Phi) is 3.17. The Balaban J connectivity index is 2.77. The number of nitrogens with one attached hydrogen (secondary N) is 1. The zero-order chi connectivity index (χ0) is 9.14. The van der Waals surface area contributed by atoms with E-state index in [1.165, 1.54) is 0 Å². The van der Waals surface area contributed by atoms with Gasteiger partial charge in [0.15, 0.2) is 0 Å². The molecule has 0 aromatic carbocycles. The van der Waals surface area contributed by atoms with E-state index in [1.54, 1.807) is 11.3 Å². The first kappa shape index (κ1) is 9.61. The Labute approximate surface area is 77.2 Å². The zero-order valence-electron chi connectivity index (χ0n) is 7.96. The zero-order valence-corrected chi connectivity index (χ0v) is 8.77. The molecule has 1 atom stereocenters. The summed E-state index contributed by atoms with van der Waals surface area (Å²) in [6.07, 6.45) is 0. The lowest BCUT2D eigenvalue weighted by Gasteiger charge is -2.03. The quantitative estimate of drug-likeness (QED) is 0.782. The third-order valence-corrected chi connectivity index (χ3v) is 3.16. The van der Waals surface area contributed by atoms with Crippen LogP contribution in [0.1, 0.15) is 42.7 Å². The Morgan fingerprint density at radius 1 is 1.17 bits per heavy atom. The second-order valence-electron chi connectivity index (χ2n) is 3.14. The molecule has 0 aliphatic carbocycles. The molecule has 0 bridgehead atoms. The third-order valence-electron chi connectivity index (χ3n) is 1.75. The fourth-order valence-electron chi connectivity index (χ4n) is 0.778. The monoisotopic (exact) mass is 185 g/mol. The molecule has 1 aromatic rings. The van der Waals surface area contributed by atoms with Crippen molar-refractivity contribution in [3.63, 3.8) is 0 Å². The molecule has 0 aliphatic rings. The molecule has 3 nitrogen and oxygen atoms in total. The molecule has 0 saturated heterocycles. The second kappa shape index (κ2) is 3.96. The lowest BCUT2D eigenvalue weighted by Crippen LogP contribution is -2.11. The van der Waals surface area contributed by atoms with E-state index in [4.69, 9.17) is 0 Å². The lowest BCUT2D eigenvalue weighted by molar-refractivity contribution is 0.638. The first-order valence-electron chi connectivity index (χ1n) is 4.15. The molecule has 1 unspecified atom stereocenters. The van der Waals surface area contributed by atoms with Crippen molar-refractivity contribution in [2.24, 2.45) is 0 Å². The Bertz CT molecular complexity index is 244. The van der Waals surface area contributed by atoms with Crippen LogP contribution < -0.4 is 5.32 Å². The Morgan fingerprint density at radius 2 is 1.75 bits per heavy atom. The summed E-state index contributed by atoms with van der Waals surface area (Å²) in [5.41, 5.74) is 0. The molecule has 12 heavy (non-hydrogen) atoms. The minimum absolute atomic E-state index is 0.315. The van der Waals surface area contributed by atoms with Crippen LogP contribution >= 0.6 is 11.3 Å². The maximum absolute atomic E-state index is 4.11. The third kappa shape index (κ3) is 2.01. The highest BCUT2D eigenvalue weighted by Crippen LogP contribution is 2.22. The molecule has 1 rings (SSSR count). The normalized spacial score (nSPS) is 13.8. The SMILES string of the molecule is CNC(C)c1nnc(C(C)C)s1. The smallest absolute Gasteiger partial charge is 0.134 e. The fraction of sp³-hybridized carbons (Fsp3) is 0.750. The van der Waals surface area contributed by atoms with Gasteiger partial charge < -0.3 is 5.32 Å². The summed E-state index contributed by atoms with van der Waals surface area (Å²) in [5.74, 6) is 0.486.